The molecule has 0 radical (unpaired) electrons. The van der Waals surface area contributed by atoms with Crippen LogP contribution in [0.2, 0.25) is 0 Å². The van der Waals surface area contributed by atoms with Crippen LogP contribution in [-0.4, -0.2) is 17.6 Å². The van der Waals surface area contributed by atoms with Crippen molar-refractivity contribution in [2.45, 2.75) is 4.90 Å². The van der Waals surface area contributed by atoms with Crippen LogP contribution in [0.4, 0.5) is 15.8 Å². The van der Waals surface area contributed by atoms with E-state index >= 15 is 0 Å². The SMILES string of the molecule is O=C1CSc2ccc(C(=O)Nc3ccccc3F)cc2N1. The molecule has 0 aliphatic carbocycles. The number of thioether (sulfide) groups is 1. The number of hydrogen-bond acceptors (Lipinski definition) is 3. The van der Waals surface area contributed by atoms with E-state index in [4.69, 9.17) is 0 Å². The Kier molecular flexibility index (Phi) is 3.62. The molecule has 6 heteroatoms. The van der Waals surface area contributed by atoms with Crippen LogP contribution >= 0.6 is 11.8 Å². The topological polar surface area (TPSA) is 58.2 Å². The number of amides is 2. The van der Waals surface area contributed by atoms with Gasteiger partial charge in [-0.2, -0.15) is 0 Å². The zero-order valence-electron chi connectivity index (χ0n) is 10.9. The number of halogens is 1. The van der Waals surface area contributed by atoms with E-state index in [-0.39, 0.29) is 11.6 Å². The lowest BCUT2D eigenvalue weighted by molar-refractivity contribution is -0.113. The molecule has 0 bridgehead atoms. The van der Waals surface area contributed by atoms with Crippen molar-refractivity contribution in [1.82, 2.24) is 0 Å². The molecule has 2 aromatic carbocycles. The number of benzene rings is 2. The first-order valence-electron chi connectivity index (χ1n) is 6.26. The lowest BCUT2D eigenvalue weighted by Crippen LogP contribution is -2.20. The molecule has 1 aliphatic heterocycles. The third-order valence-electron chi connectivity index (χ3n) is 3.00. The molecule has 3 rings (SSSR count). The Morgan fingerprint density at radius 2 is 2.05 bits per heavy atom. The molecular formula is C15H11FN2O2S. The van der Waals surface area contributed by atoms with Crippen molar-refractivity contribution in [2.75, 3.05) is 16.4 Å². The second-order valence-corrected chi connectivity index (χ2v) is 5.50. The van der Waals surface area contributed by atoms with E-state index in [2.05, 4.69) is 10.6 Å². The van der Waals surface area contributed by atoms with Gasteiger partial charge in [-0.05, 0) is 30.3 Å². The smallest absolute Gasteiger partial charge is 0.255 e. The highest BCUT2D eigenvalue weighted by atomic mass is 32.2. The molecule has 1 heterocycles. The molecule has 4 nitrogen and oxygen atoms in total. The van der Waals surface area contributed by atoms with Crippen molar-refractivity contribution in [1.29, 1.82) is 0 Å². The molecule has 2 amide bonds. The average molecular weight is 302 g/mol. The van der Waals surface area contributed by atoms with E-state index in [1.165, 1.54) is 23.9 Å². The number of rotatable bonds is 2. The van der Waals surface area contributed by atoms with Gasteiger partial charge in [0.15, 0.2) is 0 Å². The standard InChI is InChI=1S/C15H11FN2O2S/c16-10-3-1-2-4-11(10)18-15(20)9-5-6-13-12(7-9)17-14(19)8-21-13/h1-7H,8H2,(H,17,19)(H,18,20). The van der Waals surface area contributed by atoms with Crippen LogP contribution in [0.15, 0.2) is 47.4 Å². The predicted octanol–water partition coefficient (Wildman–Crippen LogP) is 3.12. The fourth-order valence-corrected chi connectivity index (χ4v) is 2.77. The Morgan fingerprint density at radius 1 is 1.24 bits per heavy atom. The summed E-state index contributed by atoms with van der Waals surface area (Å²) in [6, 6.07) is 11.0. The van der Waals surface area contributed by atoms with Crippen molar-refractivity contribution >= 4 is 35.0 Å². The van der Waals surface area contributed by atoms with Crippen molar-refractivity contribution in [3.63, 3.8) is 0 Å². The largest absolute Gasteiger partial charge is 0.324 e. The molecule has 0 atom stereocenters. The zero-order chi connectivity index (χ0) is 14.8. The zero-order valence-corrected chi connectivity index (χ0v) is 11.7. The minimum absolute atomic E-state index is 0.0980. The third-order valence-corrected chi connectivity index (χ3v) is 4.07. The van der Waals surface area contributed by atoms with E-state index in [1.54, 1.807) is 30.3 Å². The van der Waals surface area contributed by atoms with E-state index in [1.807, 2.05) is 0 Å². The molecule has 1 aliphatic rings. The van der Waals surface area contributed by atoms with E-state index in [0.717, 1.165) is 4.90 Å². The molecule has 21 heavy (non-hydrogen) atoms. The first-order chi connectivity index (χ1) is 10.1. The summed E-state index contributed by atoms with van der Waals surface area (Å²) >= 11 is 1.42. The molecule has 0 unspecified atom stereocenters. The molecule has 2 N–H and O–H groups in total. The highest BCUT2D eigenvalue weighted by Crippen LogP contribution is 2.32. The summed E-state index contributed by atoms with van der Waals surface area (Å²) in [4.78, 5) is 24.4. The lowest BCUT2D eigenvalue weighted by Gasteiger charge is -2.17. The van der Waals surface area contributed by atoms with Crippen LogP contribution in [0.5, 0.6) is 0 Å². The lowest BCUT2D eigenvalue weighted by atomic mass is 10.1. The molecular weight excluding hydrogens is 291 g/mol. The van der Waals surface area contributed by atoms with Crippen LogP contribution < -0.4 is 10.6 Å². The number of anilines is 2. The van der Waals surface area contributed by atoms with Crippen molar-refractivity contribution in [3.8, 4) is 0 Å². The first kappa shape index (κ1) is 13.6. The van der Waals surface area contributed by atoms with Gasteiger partial charge in [-0.25, -0.2) is 4.39 Å². The van der Waals surface area contributed by atoms with Gasteiger partial charge in [0.05, 0.1) is 17.1 Å². The number of para-hydroxylation sites is 1. The van der Waals surface area contributed by atoms with E-state index in [9.17, 15) is 14.0 Å². The van der Waals surface area contributed by atoms with Crippen LogP contribution in [-0.2, 0) is 4.79 Å². The van der Waals surface area contributed by atoms with Gasteiger partial charge in [-0.3, -0.25) is 9.59 Å². The van der Waals surface area contributed by atoms with Gasteiger partial charge in [0.1, 0.15) is 5.82 Å². The predicted molar refractivity (Wildman–Crippen MR) is 80.1 cm³/mol. The molecule has 0 saturated carbocycles. The second-order valence-electron chi connectivity index (χ2n) is 4.48. The summed E-state index contributed by atoms with van der Waals surface area (Å²) in [6.45, 7) is 0. The number of nitrogens with one attached hydrogen (secondary N) is 2. The van der Waals surface area contributed by atoms with Crippen molar-refractivity contribution in [2.24, 2.45) is 0 Å². The van der Waals surface area contributed by atoms with Crippen LogP contribution in [0, 0.1) is 5.82 Å². The molecule has 0 saturated heterocycles. The fraction of sp³-hybridized carbons (Fsp3) is 0.0667. The molecule has 0 fully saturated rings. The van der Waals surface area contributed by atoms with Crippen LogP contribution in [0.3, 0.4) is 0 Å². The maximum atomic E-state index is 13.5. The summed E-state index contributed by atoms with van der Waals surface area (Å²) in [5.74, 6) is -0.645. The van der Waals surface area contributed by atoms with Gasteiger partial charge in [0.2, 0.25) is 5.91 Å². The number of hydrogen-bond donors (Lipinski definition) is 2. The average Bonchev–Trinajstić information content (AvgIpc) is 2.48. The summed E-state index contributed by atoms with van der Waals surface area (Å²) < 4.78 is 13.5. The second kappa shape index (κ2) is 5.57. The Morgan fingerprint density at radius 3 is 2.86 bits per heavy atom. The first-order valence-corrected chi connectivity index (χ1v) is 7.24. The molecule has 0 spiro atoms. The molecule has 0 aromatic heterocycles. The van der Waals surface area contributed by atoms with Crippen LogP contribution in [0.1, 0.15) is 10.4 Å². The number of fused-ring (bicyclic) bond motifs is 1. The quantitative estimate of drug-likeness (QED) is 0.896. The van der Waals surface area contributed by atoms with Gasteiger partial charge < -0.3 is 10.6 Å². The maximum absolute atomic E-state index is 13.5. The molecule has 2 aromatic rings. The van der Waals surface area contributed by atoms with Gasteiger partial charge in [0.25, 0.3) is 5.91 Å². The normalized spacial score (nSPS) is 13.3. The third kappa shape index (κ3) is 2.90. The minimum atomic E-state index is -0.493. The van der Waals surface area contributed by atoms with Crippen LogP contribution in [0.25, 0.3) is 0 Å². The summed E-state index contributed by atoms with van der Waals surface area (Å²) in [5, 5.41) is 5.23. The van der Waals surface area contributed by atoms with E-state index < -0.39 is 11.7 Å². The Labute approximate surface area is 124 Å². The van der Waals surface area contributed by atoms with Gasteiger partial charge in [-0.1, -0.05) is 12.1 Å². The number of carbonyl (C=O) groups is 2. The minimum Gasteiger partial charge on any atom is -0.324 e. The van der Waals surface area contributed by atoms with Gasteiger partial charge in [0, 0.05) is 10.5 Å². The Balaban J connectivity index is 1.84. The van der Waals surface area contributed by atoms with E-state index in [0.29, 0.717) is 17.0 Å². The Hall–Kier alpha value is -2.34. The van der Waals surface area contributed by atoms with Crippen molar-refractivity contribution in [3.05, 3.63) is 53.8 Å². The van der Waals surface area contributed by atoms with Gasteiger partial charge >= 0.3 is 0 Å². The summed E-state index contributed by atoms with van der Waals surface area (Å²) in [5.41, 5.74) is 1.09. The monoisotopic (exact) mass is 302 g/mol. The summed E-state index contributed by atoms with van der Waals surface area (Å²) in [6.07, 6.45) is 0. The fourth-order valence-electron chi connectivity index (χ4n) is 1.98. The molecule has 106 valence electrons. The summed E-state index contributed by atoms with van der Waals surface area (Å²) in [7, 11) is 0. The maximum Gasteiger partial charge on any atom is 0.255 e. The number of carbonyl (C=O) groups excluding carboxylic acids is 2. The highest BCUT2D eigenvalue weighted by Gasteiger charge is 2.17. The van der Waals surface area contributed by atoms with Gasteiger partial charge in [-0.15, -0.1) is 11.8 Å². The highest BCUT2D eigenvalue weighted by molar-refractivity contribution is 8.00. The van der Waals surface area contributed by atoms with Crippen molar-refractivity contribution < 1.29 is 14.0 Å². The Bertz CT molecular complexity index is 733.